The molecule has 0 spiro atoms. The van der Waals surface area contributed by atoms with Gasteiger partial charge in [-0.15, -0.1) is 0 Å². The fourth-order valence-electron chi connectivity index (χ4n) is 2.85. The molecule has 0 amide bonds. The quantitative estimate of drug-likeness (QED) is 0.413. The zero-order valence-electron chi connectivity index (χ0n) is 13.5. The third-order valence-corrected chi connectivity index (χ3v) is 4.30. The van der Waals surface area contributed by atoms with Gasteiger partial charge in [-0.25, -0.2) is 0 Å². The zero-order chi connectivity index (χ0) is 17.1. The van der Waals surface area contributed by atoms with Gasteiger partial charge in [0.1, 0.15) is 0 Å². The Bertz CT molecular complexity index is 995. The molecule has 25 heavy (non-hydrogen) atoms. The summed E-state index contributed by atoms with van der Waals surface area (Å²) in [6.07, 6.45) is 1.87. The van der Waals surface area contributed by atoms with Gasteiger partial charge in [0.05, 0.1) is 5.69 Å². The summed E-state index contributed by atoms with van der Waals surface area (Å²) in [5.74, 6) is 0. The van der Waals surface area contributed by atoms with Crippen molar-refractivity contribution < 1.29 is 0 Å². The van der Waals surface area contributed by atoms with Gasteiger partial charge in [0.2, 0.25) is 0 Å². The van der Waals surface area contributed by atoms with E-state index in [2.05, 4.69) is 30.3 Å². The van der Waals surface area contributed by atoms with Crippen molar-refractivity contribution in [1.82, 2.24) is 4.98 Å². The molecule has 1 radical (unpaired) electrons. The van der Waals surface area contributed by atoms with Crippen molar-refractivity contribution in [2.45, 2.75) is 0 Å². The predicted molar refractivity (Wildman–Crippen MR) is 104 cm³/mol. The number of aromatic nitrogens is 1. The Hall–Kier alpha value is -2.90. The number of pyridine rings is 1. The van der Waals surface area contributed by atoms with E-state index in [9.17, 15) is 0 Å². The van der Waals surface area contributed by atoms with Gasteiger partial charge in [-0.2, -0.15) is 0 Å². The Kier molecular flexibility index (Phi) is 4.32. The molecule has 0 bridgehead atoms. The standard InChI is InChI=1S/C23H15ClN/c24-21-13-7-12-19(14-21)23-22(18-10-5-2-6-11-18)15-20(16-25-23)17-8-3-1-4-9-17/h1-14,16H. The SMILES string of the molecule is Clc1cccc(-c2ncc(-c3ccccc3)[c]c2-c2ccccc2)c1. The summed E-state index contributed by atoms with van der Waals surface area (Å²) in [7, 11) is 0. The molecule has 2 heteroatoms. The van der Waals surface area contributed by atoms with Crippen LogP contribution in [-0.2, 0) is 0 Å². The lowest BCUT2D eigenvalue weighted by molar-refractivity contribution is 1.32. The fraction of sp³-hybridized carbons (Fsp3) is 0. The van der Waals surface area contributed by atoms with Crippen molar-refractivity contribution in [3.63, 3.8) is 0 Å². The molecule has 3 aromatic carbocycles. The maximum atomic E-state index is 6.18. The van der Waals surface area contributed by atoms with Crippen LogP contribution in [-0.4, -0.2) is 4.98 Å². The molecule has 0 fully saturated rings. The van der Waals surface area contributed by atoms with Crippen LogP contribution in [0.5, 0.6) is 0 Å². The second-order valence-corrected chi connectivity index (χ2v) is 6.20. The topological polar surface area (TPSA) is 12.9 Å². The highest BCUT2D eigenvalue weighted by Gasteiger charge is 2.12. The van der Waals surface area contributed by atoms with Crippen molar-refractivity contribution in [3.05, 3.63) is 102 Å². The molecule has 0 aliphatic carbocycles. The molecule has 0 saturated heterocycles. The van der Waals surface area contributed by atoms with Gasteiger partial charge in [-0.05, 0) is 23.3 Å². The smallest absolute Gasteiger partial charge is 0.0787 e. The van der Waals surface area contributed by atoms with Crippen molar-refractivity contribution in [2.24, 2.45) is 0 Å². The van der Waals surface area contributed by atoms with Crippen LogP contribution < -0.4 is 0 Å². The second-order valence-electron chi connectivity index (χ2n) is 5.76. The Morgan fingerprint density at radius 3 is 2.00 bits per heavy atom. The number of hydrogen-bond acceptors (Lipinski definition) is 1. The van der Waals surface area contributed by atoms with E-state index in [0.717, 1.165) is 33.5 Å². The van der Waals surface area contributed by atoms with E-state index in [4.69, 9.17) is 16.6 Å². The van der Waals surface area contributed by atoms with E-state index < -0.39 is 0 Å². The lowest BCUT2D eigenvalue weighted by Crippen LogP contribution is -1.92. The molecule has 0 N–H and O–H groups in total. The van der Waals surface area contributed by atoms with Gasteiger partial charge in [0, 0.05) is 34.0 Å². The van der Waals surface area contributed by atoms with Gasteiger partial charge < -0.3 is 0 Å². The first-order valence-electron chi connectivity index (χ1n) is 8.10. The van der Waals surface area contributed by atoms with Crippen molar-refractivity contribution in [1.29, 1.82) is 0 Å². The molecule has 0 unspecified atom stereocenters. The van der Waals surface area contributed by atoms with Gasteiger partial charge in [0.25, 0.3) is 0 Å². The summed E-state index contributed by atoms with van der Waals surface area (Å²) in [6.45, 7) is 0. The van der Waals surface area contributed by atoms with Gasteiger partial charge in [-0.3, -0.25) is 4.98 Å². The first-order chi connectivity index (χ1) is 12.3. The molecular formula is C23H15ClN. The molecule has 1 heterocycles. The molecule has 4 rings (SSSR count). The molecule has 0 saturated carbocycles. The molecule has 1 nitrogen and oxygen atoms in total. The number of nitrogens with zero attached hydrogens (tertiary/aromatic N) is 1. The Morgan fingerprint density at radius 1 is 0.680 bits per heavy atom. The number of benzene rings is 3. The monoisotopic (exact) mass is 340 g/mol. The van der Waals surface area contributed by atoms with Crippen LogP contribution in [0.1, 0.15) is 0 Å². The third-order valence-electron chi connectivity index (χ3n) is 4.06. The summed E-state index contributed by atoms with van der Waals surface area (Å²) < 4.78 is 0. The molecule has 119 valence electrons. The molecule has 4 aromatic rings. The lowest BCUT2D eigenvalue weighted by Gasteiger charge is -2.12. The van der Waals surface area contributed by atoms with E-state index >= 15 is 0 Å². The van der Waals surface area contributed by atoms with Crippen molar-refractivity contribution >= 4 is 11.6 Å². The van der Waals surface area contributed by atoms with Gasteiger partial charge in [0.15, 0.2) is 0 Å². The highest BCUT2D eigenvalue weighted by molar-refractivity contribution is 6.30. The molecule has 0 atom stereocenters. The minimum Gasteiger partial charge on any atom is -0.255 e. The van der Waals surface area contributed by atoms with Crippen LogP contribution in [0.3, 0.4) is 0 Å². The largest absolute Gasteiger partial charge is 0.255 e. The highest BCUT2D eigenvalue weighted by Crippen LogP contribution is 2.34. The van der Waals surface area contributed by atoms with Gasteiger partial charge in [-0.1, -0.05) is 84.4 Å². The van der Waals surface area contributed by atoms with Crippen LogP contribution in [0.2, 0.25) is 5.02 Å². The first-order valence-corrected chi connectivity index (χ1v) is 8.48. The van der Waals surface area contributed by atoms with E-state index in [0.29, 0.717) is 5.02 Å². The van der Waals surface area contributed by atoms with Crippen LogP contribution >= 0.6 is 11.6 Å². The van der Waals surface area contributed by atoms with Crippen LogP contribution in [0.15, 0.2) is 91.1 Å². The Balaban J connectivity index is 1.93. The minimum atomic E-state index is 0.699. The molecular weight excluding hydrogens is 326 g/mol. The molecule has 0 aliphatic rings. The maximum Gasteiger partial charge on any atom is 0.0787 e. The predicted octanol–water partition coefficient (Wildman–Crippen LogP) is 6.54. The zero-order valence-corrected chi connectivity index (χ0v) is 14.2. The third kappa shape index (κ3) is 3.33. The summed E-state index contributed by atoms with van der Waals surface area (Å²) >= 11 is 6.18. The average molecular weight is 341 g/mol. The molecule has 1 aromatic heterocycles. The van der Waals surface area contributed by atoms with E-state index in [1.165, 1.54) is 0 Å². The Morgan fingerprint density at radius 2 is 1.32 bits per heavy atom. The van der Waals surface area contributed by atoms with Gasteiger partial charge >= 0.3 is 0 Å². The number of rotatable bonds is 3. The number of hydrogen-bond donors (Lipinski definition) is 0. The van der Waals surface area contributed by atoms with E-state index in [1.54, 1.807) is 0 Å². The highest BCUT2D eigenvalue weighted by atomic mass is 35.5. The number of halogens is 1. The summed E-state index contributed by atoms with van der Waals surface area (Å²) in [4.78, 5) is 4.75. The average Bonchev–Trinajstić information content (AvgIpc) is 2.69. The Labute approximate surface area is 152 Å². The molecule has 0 aliphatic heterocycles. The normalized spacial score (nSPS) is 10.6. The van der Waals surface area contributed by atoms with E-state index in [1.807, 2.05) is 66.9 Å². The minimum absolute atomic E-state index is 0.699. The summed E-state index contributed by atoms with van der Waals surface area (Å²) in [5, 5.41) is 0.699. The van der Waals surface area contributed by atoms with Crippen LogP contribution in [0.25, 0.3) is 33.5 Å². The van der Waals surface area contributed by atoms with Crippen LogP contribution in [0, 0.1) is 6.07 Å². The van der Waals surface area contributed by atoms with Crippen LogP contribution in [0.4, 0.5) is 0 Å². The van der Waals surface area contributed by atoms with Crippen molar-refractivity contribution in [2.75, 3.05) is 0 Å². The second kappa shape index (κ2) is 6.92. The lowest BCUT2D eigenvalue weighted by atomic mass is 9.96. The maximum absolute atomic E-state index is 6.18. The fourth-order valence-corrected chi connectivity index (χ4v) is 3.04. The summed E-state index contributed by atoms with van der Waals surface area (Å²) in [5.41, 5.74) is 6.01. The first kappa shape index (κ1) is 15.6. The van der Waals surface area contributed by atoms with E-state index in [-0.39, 0.29) is 0 Å². The summed E-state index contributed by atoms with van der Waals surface area (Å²) in [6, 6.07) is 31.8. The van der Waals surface area contributed by atoms with Crippen molar-refractivity contribution in [3.8, 4) is 33.5 Å².